The van der Waals surface area contributed by atoms with E-state index in [1.54, 1.807) is 29.9 Å². The topological polar surface area (TPSA) is 68.1 Å². The van der Waals surface area contributed by atoms with Crippen molar-refractivity contribution < 1.29 is 17.9 Å². The van der Waals surface area contributed by atoms with Gasteiger partial charge in [-0.1, -0.05) is 6.07 Å². The Morgan fingerprint density at radius 3 is 2.63 bits per heavy atom. The van der Waals surface area contributed by atoms with E-state index in [1.165, 1.54) is 0 Å². The average Bonchev–Trinajstić information content (AvgIpc) is 3.57. The molecule has 35 heavy (non-hydrogen) atoms. The van der Waals surface area contributed by atoms with Crippen molar-refractivity contribution in [3.8, 4) is 11.3 Å². The van der Waals surface area contributed by atoms with Gasteiger partial charge < -0.3 is 15.0 Å². The number of aryl methyl sites for hydroxylation is 1. The summed E-state index contributed by atoms with van der Waals surface area (Å²) in [5, 5.41) is 16.4. The molecule has 7 nitrogen and oxygen atoms in total. The van der Waals surface area contributed by atoms with Crippen LogP contribution in [0.25, 0.3) is 22.2 Å². The zero-order valence-electron chi connectivity index (χ0n) is 19.6. The second-order valence-corrected chi connectivity index (χ2v) is 10.3. The number of rotatable bonds is 5. The Hall–Kier alpha value is -2.72. The molecule has 2 aromatic heterocycles. The van der Waals surface area contributed by atoms with Crippen LogP contribution in [0.2, 0.25) is 0 Å². The summed E-state index contributed by atoms with van der Waals surface area (Å²) in [7, 11) is 1.81. The van der Waals surface area contributed by atoms with Gasteiger partial charge in [-0.15, -0.1) is 10.2 Å². The van der Waals surface area contributed by atoms with Crippen molar-refractivity contribution in [2.45, 2.75) is 31.5 Å². The van der Waals surface area contributed by atoms with Gasteiger partial charge in [-0.3, -0.25) is 4.68 Å². The summed E-state index contributed by atoms with van der Waals surface area (Å²) in [5.41, 5.74) is 0.788. The number of hydrogen-bond donors (Lipinski definition) is 1. The van der Waals surface area contributed by atoms with Gasteiger partial charge in [0.1, 0.15) is 5.56 Å². The maximum atomic E-state index is 14.0. The molecule has 2 unspecified atom stereocenters. The number of alkyl halides is 3. The summed E-state index contributed by atoms with van der Waals surface area (Å²) in [6, 6.07) is 6.39. The lowest BCUT2D eigenvalue weighted by Gasteiger charge is -2.23. The van der Waals surface area contributed by atoms with Crippen LogP contribution in [-0.4, -0.2) is 63.8 Å². The maximum absolute atomic E-state index is 14.0. The van der Waals surface area contributed by atoms with Crippen LogP contribution in [0, 0.1) is 17.8 Å². The lowest BCUT2D eigenvalue weighted by Crippen LogP contribution is -2.30. The van der Waals surface area contributed by atoms with E-state index in [0.717, 1.165) is 69.1 Å². The molecule has 2 aliphatic heterocycles. The Labute approximate surface area is 201 Å². The molecule has 1 aliphatic carbocycles. The Balaban J connectivity index is 1.17. The number of ether oxygens (including phenoxy) is 1. The number of anilines is 1. The van der Waals surface area contributed by atoms with Crippen LogP contribution in [0.4, 0.5) is 19.0 Å². The molecule has 3 aromatic rings. The minimum absolute atomic E-state index is 0.0186. The molecule has 2 saturated heterocycles. The third-order valence-corrected chi connectivity index (χ3v) is 7.72. The van der Waals surface area contributed by atoms with Crippen molar-refractivity contribution in [2.24, 2.45) is 24.8 Å². The zero-order chi connectivity index (χ0) is 24.2. The van der Waals surface area contributed by atoms with Crippen LogP contribution in [0.3, 0.4) is 0 Å². The van der Waals surface area contributed by atoms with E-state index in [0.29, 0.717) is 23.3 Å². The first kappa shape index (κ1) is 22.7. The number of halogens is 3. The van der Waals surface area contributed by atoms with Gasteiger partial charge in [-0.25, -0.2) is 0 Å². The average molecular weight is 487 g/mol. The predicted octanol–water partition coefficient (Wildman–Crippen LogP) is 4.21. The summed E-state index contributed by atoms with van der Waals surface area (Å²) in [6.45, 7) is 4.82. The lowest BCUT2D eigenvalue weighted by atomic mass is 10.0. The molecule has 0 amide bonds. The smallest absolute Gasteiger partial charge is 0.381 e. The maximum Gasteiger partial charge on any atom is 0.420 e. The van der Waals surface area contributed by atoms with Gasteiger partial charge in [-0.2, -0.15) is 18.3 Å². The van der Waals surface area contributed by atoms with Crippen molar-refractivity contribution in [3.63, 3.8) is 0 Å². The number of hydrogen-bond acceptors (Lipinski definition) is 6. The number of nitrogens with zero attached hydrogens (tertiary/aromatic N) is 5. The fourth-order valence-corrected chi connectivity index (χ4v) is 6.11. The first-order valence-corrected chi connectivity index (χ1v) is 12.3. The number of benzene rings is 1. The molecular formula is C25H29F3N6O. The number of nitrogens with one attached hydrogen (secondary N) is 1. The van der Waals surface area contributed by atoms with Crippen LogP contribution in [0.5, 0.6) is 0 Å². The van der Waals surface area contributed by atoms with Crippen LogP contribution >= 0.6 is 0 Å². The monoisotopic (exact) mass is 486 g/mol. The van der Waals surface area contributed by atoms with E-state index in [9.17, 15) is 13.2 Å². The summed E-state index contributed by atoms with van der Waals surface area (Å²) in [5.74, 6) is 1.48. The van der Waals surface area contributed by atoms with E-state index < -0.39 is 11.7 Å². The van der Waals surface area contributed by atoms with Crippen LogP contribution < -0.4 is 5.32 Å². The molecular weight excluding hydrogens is 457 g/mol. The van der Waals surface area contributed by atoms with Crippen LogP contribution in [0.1, 0.15) is 24.8 Å². The molecule has 0 bridgehead atoms. The van der Waals surface area contributed by atoms with Crippen molar-refractivity contribution in [2.75, 3.05) is 38.2 Å². The molecule has 6 rings (SSSR count). The van der Waals surface area contributed by atoms with E-state index in [2.05, 4.69) is 25.5 Å². The molecule has 4 atom stereocenters. The minimum Gasteiger partial charge on any atom is -0.381 e. The Morgan fingerprint density at radius 1 is 1.11 bits per heavy atom. The highest BCUT2D eigenvalue weighted by atomic mass is 19.4. The zero-order valence-corrected chi connectivity index (χ0v) is 19.6. The number of likely N-dealkylation sites (tertiary alicyclic amines) is 1. The highest BCUT2D eigenvalue weighted by Gasteiger charge is 2.43. The molecule has 3 fully saturated rings. The summed E-state index contributed by atoms with van der Waals surface area (Å²) in [4.78, 5) is 2.51. The van der Waals surface area contributed by atoms with Crippen molar-refractivity contribution in [1.82, 2.24) is 24.9 Å². The largest absolute Gasteiger partial charge is 0.420 e. The van der Waals surface area contributed by atoms with Gasteiger partial charge in [0.2, 0.25) is 0 Å². The molecule has 1 saturated carbocycles. The molecule has 0 spiro atoms. The molecule has 3 aliphatic rings. The summed E-state index contributed by atoms with van der Waals surface area (Å²) < 4.78 is 49.2. The number of fused-ring (bicyclic) bond motifs is 2. The van der Waals surface area contributed by atoms with Gasteiger partial charge in [0.25, 0.3) is 0 Å². The molecule has 0 radical (unpaired) electrons. The van der Waals surface area contributed by atoms with Gasteiger partial charge in [0, 0.05) is 56.5 Å². The van der Waals surface area contributed by atoms with E-state index in [4.69, 9.17) is 4.74 Å². The van der Waals surface area contributed by atoms with Crippen molar-refractivity contribution in [3.05, 3.63) is 36.0 Å². The third-order valence-electron chi connectivity index (χ3n) is 7.72. The van der Waals surface area contributed by atoms with Gasteiger partial charge in [0.05, 0.1) is 17.8 Å². The van der Waals surface area contributed by atoms with Gasteiger partial charge in [0.15, 0.2) is 5.82 Å². The highest BCUT2D eigenvalue weighted by molar-refractivity contribution is 5.83. The summed E-state index contributed by atoms with van der Waals surface area (Å²) >= 11 is 0. The van der Waals surface area contributed by atoms with E-state index in [-0.39, 0.29) is 17.6 Å². The third kappa shape index (κ3) is 4.61. The fraction of sp³-hybridized carbons (Fsp3) is 0.560. The summed E-state index contributed by atoms with van der Waals surface area (Å²) in [6.07, 6.45) is 0.148. The molecule has 186 valence electrons. The SMILES string of the molecule is Cn1cc2cc(-c3cc(C(F)(F)F)c(NC4C[C@@H]5CN(CC6CCOC6)C[C@@H]5C4)nn3)ccc2n1. The van der Waals surface area contributed by atoms with Crippen LogP contribution in [0.15, 0.2) is 30.5 Å². The molecule has 1 N–H and O–H groups in total. The van der Waals surface area contributed by atoms with Crippen molar-refractivity contribution >= 4 is 16.7 Å². The second-order valence-electron chi connectivity index (χ2n) is 10.3. The minimum atomic E-state index is -4.53. The second kappa shape index (κ2) is 8.74. The first-order chi connectivity index (χ1) is 16.8. The Kier molecular flexibility index (Phi) is 5.68. The van der Waals surface area contributed by atoms with E-state index in [1.807, 2.05) is 6.20 Å². The Morgan fingerprint density at radius 2 is 1.91 bits per heavy atom. The van der Waals surface area contributed by atoms with Crippen molar-refractivity contribution in [1.29, 1.82) is 0 Å². The van der Waals surface area contributed by atoms with Crippen LogP contribution in [-0.2, 0) is 18.0 Å². The normalized spacial score (nSPS) is 27.1. The molecule has 10 heteroatoms. The predicted molar refractivity (Wildman–Crippen MR) is 126 cm³/mol. The standard InChI is InChI=1S/C25H29F3N6O/c1-33-11-19-6-16(2-3-22(19)32-33)23-9-21(25(26,27)28)24(31-30-23)29-20-7-17-12-34(13-18(17)8-20)10-15-4-5-35-14-15/h2-3,6,9,11,15,17-18,20H,4-5,7-8,10,12-14H2,1H3,(H,29,31)/t15?,17-,18+,20?. The highest BCUT2D eigenvalue weighted by Crippen LogP contribution is 2.42. The Bertz CT molecular complexity index is 1210. The quantitative estimate of drug-likeness (QED) is 0.583. The lowest BCUT2D eigenvalue weighted by molar-refractivity contribution is -0.137. The fourth-order valence-electron chi connectivity index (χ4n) is 6.11. The molecule has 1 aromatic carbocycles. The number of aromatic nitrogens is 4. The molecule has 4 heterocycles. The van der Waals surface area contributed by atoms with E-state index >= 15 is 0 Å². The first-order valence-electron chi connectivity index (χ1n) is 12.3. The van der Waals surface area contributed by atoms with Gasteiger partial charge >= 0.3 is 6.18 Å². The van der Waals surface area contributed by atoms with Gasteiger partial charge in [-0.05, 0) is 55.2 Å².